The summed E-state index contributed by atoms with van der Waals surface area (Å²) in [6.45, 7) is 3.77. The predicted molar refractivity (Wildman–Crippen MR) is 42.3 cm³/mol. The molecule has 88 valence electrons. The van der Waals surface area contributed by atoms with Gasteiger partial charge < -0.3 is 4.74 Å². The largest absolute Gasteiger partial charge is 0.459 e. The molecular weight excluding hydrogens is 220 g/mol. The van der Waals surface area contributed by atoms with Crippen LogP contribution >= 0.6 is 0 Å². The van der Waals surface area contributed by atoms with Gasteiger partial charge in [0.1, 0.15) is 6.61 Å². The third kappa shape index (κ3) is 3.48. The fourth-order valence-corrected chi connectivity index (χ4v) is 0.480. The van der Waals surface area contributed by atoms with Gasteiger partial charge in [0.2, 0.25) is 5.66 Å². The molecule has 4 nitrogen and oxygen atoms in total. The van der Waals surface area contributed by atoms with Gasteiger partial charge in [-0.25, -0.2) is 4.79 Å². The van der Waals surface area contributed by atoms with Gasteiger partial charge in [-0.1, -0.05) is 24.5 Å². The number of nitrogens with zero attached hydrogens (tertiary/aromatic N) is 2. The second-order valence-corrected chi connectivity index (χ2v) is 3.04. The van der Waals surface area contributed by atoms with Crippen LogP contribution in [0.25, 0.3) is 0 Å². The number of hydrogen-bond acceptors (Lipinski definition) is 4. The van der Waals surface area contributed by atoms with E-state index in [1.807, 2.05) is 0 Å². The summed E-state index contributed by atoms with van der Waals surface area (Å²) in [6.07, 6.45) is 0. The van der Waals surface area contributed by atoms with E-state index in [1.165, 1.54) is 6.92 Å². The molecule has 0 amide bonds. The molecule has 0 spiro atoms. The molecule has 0 aromatic carbocycles. The Bertz CT molecular complexity index is 249. The Kier molecular flexibility index (Phi) is 4.69. The Morgan fingerprint density at radius 2 is 1.73 bits per heavy atom. The Morgan fingerprint density at radius 1 is 1.33 bits per heavy atom. The van der Waals surface area contributed by atoms with E-state index in [-0.39, 0.29) is 5.57 Å². The first-order valence-electron chi connectivity index (χ1n) is 3.78. The van der Waals surface area contributed by atoms with E-state index < -0.39 is 28.9 Å². The molecule has 0 bridgehead atoms. The average Bonchev–Trinajstić information content (AvgIpc) is 2.12. The normalized spacial score (nSPS) is 12.0. The molecule has 0 aliphatic heterocycles. The van der Waals surface area contributed by atoms with Crippen LogP contribution in [0.4, 0.5) is 17.9 Å². The standard InChI is InChI=1S/C7H10F4N2O2/c1-5(2)6(14)15-4-7(3,12(8)9)13(10)11/h1,4H2,2-3H3. The third-order valence-corrected chi connectivity index (χ3v) is 1.55. The minimum absolute atomic E-state index is 0.0640. The summed E-state index contributed by atoms with van der Waals surface area (Å²) in [5.74, 6) is -1.01. The van der Waals surface area contributed by atoms with Crippen LogP contribution in [0.3, 0.4) is 0 Å². The van der Waals surface area contributed by atoms with Crippen molar-refractivity contribution in [3.05, 3.63) is 12.2 Å². The maximum atomic E-state index is 12.1. The SMILES string of the molecule is C=C(C)C(=O)OCC(C)(N(F)F)N(F)F. The number of rotatable bonds is 5. The lowest BCUT2D eigenvalue weighted by molar-refractivity contribution is -0.372. The highest BCUT2D eigenvalue weighted by atomic mass is 19.4. The van der Waals surface area contributed by atoms with Crippen LogP contribution in [0.5, 0.6) is 0 Å². The molecule has 0 radical (unpaired) electrons. The summed E-state index contributed by atoms with van der Waals surface area (Å²) >= 11 is 0. The Hall–Kier alpha value is -1.15. The van der Waals surface area contributed by atoms with Crippen LogP contribution in [-0.4, -0.2) is 28.9 Å². The van der Waals surface area contributed by atoms with Crippen LogP contribution in [0.2, 0.25) is 0 Å². The van der Waals surface area contributed by atoms with Crippen molar-refractivity contribution in [2.45, 2.75) is 19.5 Å². The minimum atomic E-state index is -2.97. The molecule has 0 atom stereocenters. The van der Waals surface area contributed by atoms with Crippen molar-refractivity contribution in [2.75, 3.05) is 6.61 Å². The van der Waals surface area contributed by atoms with Gasteiger partial charge in [0, 0.05) is 5.57 Å². The molecule has 0 aliphatic rings. The quantitative estimate of drug-likeness (QED) is 0.237. The number of carbonyl (C=O) groups is 1. The molecule has 8 heteroatoms. The average molecular weight is 230 g/mol. The fourth-order valence-electron chi connectivity index (χ4n) is 0.480. The lowest BCUT2D eigenvalue weighted by Gasteiger charge is -2.27. The van der Waals surface area contributed by atoms with Gasteiger partial charge in [-0.15, -0.1) is 0 Å². The fraction of sp³-hybridized carbons (Fsp3) is 0.571. The summed E-state index contributed by atoms with van der Waals surface area (Å²) in [4.78, 5) is 10.8. The summed E-state index contributed by atoms with van der Waals surface area (Å²) in [7, 11) is 0. The molecule has 0 aromatic heterocycles. The van der Waals surface area contributed by atoms with Gasteiger partial charge in [0.25, 0.3) is 0 Å². The number of hydrogen-bond donors (Lipinski definition) is 0. The first-order chi connectivity index (χ1) is 6.71. The Balaban J connectivity index is 4.45. The molecule has 0 N–H and O–H groups in total. The summed E-state index contributed by atoms with van der Waals surface area (Å²) in [6, 6.07) is 0. The highest BCUT2D eigenvalue weighted by molar-refractivity contribution is 5.86. The van der Waals surface area contributed by atoms with Crippen molar-refractivity contribution in [2.24, 2.45) is 0 Å². The molecule has 0 aliphatic carbocycles. The van der Waals surface area contributed by atoms with Crippen molar-refractivity contribution < 1.29 is 27.5 Å². The maximum Gasteiger partial charge on any atom is 0.333 e. The maximum absolute atomic E-state index is 12.1. The zero-order chi connectivity index (χ0) is 12.2. The van der Waals surface area contributed by atoms with Gasteiger partial charge in [0.05, 0.1) is 10.7 Å². The number of carbonyl (C=O) groups excluding carboxylic acids is 1. The first-order valence-corrected chi connectivity index (χ1v) is 3.78. The van der Waals surface area contributed by atoms with E-state index in [4.69, 9.17) is 0 Å². The van der Waals surface area contributed by atoms with Crippen molar-refractivity contribution in [1.82, 2.24) is 10.7 Å². The second-order valence-electron chi connectivity index (χ2n) is 3.04. The Morgan fingerprint density at radius 3 is 2.00 bits per heavy atom. The Labute approximate surface area is 83.4 Å². The molecule has 0 fully saturated rings. The van der Waals surface area contributed by atoms with E-state index in [9.17, 15) is 22.7 Å². The third-order valence-electron chi connectivity index (χ3n) is 1.55. The van der Waals surface area contributed by atoms with E-state index >= 15 is 0 Å². The molecule has 15 heavy (non-hydrogen) atoms. The zero-order valence-electron chi connectivity index (χ0n) is 8.14. The van der Waals surface area contributed by atoms with Gasteiger partial charge >= 0.3 is 5.97 Å². The van der Waals surface area contributed by atoms with Gasteiger partial charge in [-0.05, 0) is 13.8 Å². The van der Waals surface area contributed by atoms with E-state index in [2.05, 4.69) is 11.3 Å². The van der Waals surface area contributed by atoms with E-state index in [1.54, 1.807) is 0 Å². The lowest BCUT2D eigenvalue weighted by atomic mass is 10.2. The van der Waals surface area contributed by atoms with Crippen molar-refractivity contribution >= 4 is 5.97 Å². The van der Waals surface area contributed by atoms with Crippen molar-refractivity contribution in [1.29, 1.82) is 0 Å². The lowest BCUT2D eigenvalue weighted by Crippen LogP contribution is -2.50. The van der Waals surface area contributed by atoms with Gasteiger partial charge in [-0.3, -0.25) is 0 Å². The van der Waals surface area contributed by atoms with Crippen LogP contribution in [0, 0.1) is 0 Å². The molecule has 0 saturated heterocycles. The molecule has 0 heterocycles. The van der Waals surface area contributed by atoms with Crippen LogP contribution < -0.4 is 0 Å². The summed E-state index contributed by atoms with van der Waals surface area (Å²) in [5, 5.41) is -3.47. The first kappa shape index (κ1) is 13.8. The molecule has 0 aromatic rings. The highest BCUT2D eigenvalue weighted by Gasteiger charge is 2.44. The zero-order valence-corrected chi connectivity index (χ0v) is 8.14. The van der Waals surface area contributed by atoms with Crippen molar-refractivity contribution in [3.63, 3.8) is 0 Å². The van der Waals surface area contributed by atoms with E-state index in [0.29, 0.717) is 6.92 Å². The molecular formula is C7H10F4N2O2. The predicted octanol–water partition coefficient (Wildman–Crippen LogP) is 1.96. The van der Waals surface area contributed by atoms with Gasteiger partial charge in [-0.2, -0.15) is 0 Å². The topological polar surface area (TPSA) is 32.8 Å². The number of ether oxygens (including phenoxy) is 1. The second kappa shape index (κ2) is 5.08. The molecule has 0 rings (SSSR count). The smallest absolute Gasteiger partial charge is 0.333 e. The molecule has 0 unspecified atom stereocenters. The number of halogens is 4. The van der Waals surface area contributed by atoms with Crippen LogP contribution in [0.15, 0.2) is 12.2 Å². The summed E-state index contributed by atoms with van der Waals surface area (Å²) in [5.41, 5.74) is -3.03. The highest BCUT2D eigenvalue weighted by Crippen LogP contribution is 2.23. The van der Waals surface area contributed by atoms with Crippen LogP contribution in [-0.2, 0) is 9.53 Å². The van der Waals surface area contributed by atoms with Crippen molar-refractivity contribution in [3.8, 4) is 0 Å². The van der Waals surface area contributed by atoms with Crippen LogP contribution in [0.1, 0.15) is 13.8 Å². The summed E-state index contributed by atoms with van der Waals surface area (Å²) < 4.78 is 52.5. The monoisotopic (exact) mass is 230 g/mol. The number of esters is 1. The van der Waals surface area contributed by atoms with E-state index in [0.717, 1.165) is 0 Å². The minimum Gasteiger partial charge on any atom is -0.459 e. The molecule has 0 saturated carbocycles. The van der Waals surface area contributed by atoms with Gasteiger partial charge in [0.15, 0.2) is 0 Å².